The summed E-state index contributed by atoms with van der Waals surface area (Å²) in [4.78, 5) is 16.0. The number of fused-ring (bicyclic) bond motifs is 1. The predicted octanol–water partition coefficient (Wildman–Crippen LogP) is 3.60. The van der Waals surface area contributed by atoms with Crippen molar-refractivity contribution in [2.24, 2.45) is 0 Å². The van der Waals surface area contributed by atoms with Gasteiger partial charge in [0.15, 0.2) is 0 Å². The van der Waals surface area contributed by atoms with E-state index in [1.807, 2.05) is 43.4 Å². The number of rotatable bonds is 2. The van der Waals surface area contributed by atoms with Crippen molar-refractivity contribution in [3.05, 3.63) is 58.1 Å². The number of halogens is 1. The molecule has 1 aliphatic heterocycles. The molecule has 0 spiro atoms. The van der Waals surface area contributed by atoms with Crippen LogP contribution in [0.2, 0.25) is 0 Å². The van der Waals surface area contributed by atoms with Crippen LogP contribution in [0.3, 0.4) is 0 Å². The maximum absolute atomic E-state index is 12.5. The van der Waals surface area contributed by atoms with Gasteiger partial charge in [0.25, 0.3) is 0 Å². The number of amides is 2. The van der Waals surface area contributed by atoms with Crippen molar-refractivity contribution in [1.29, 1.82) is 0 Å². The summed E-state index contributed by atoms with van der Waals surface area (Å²) in [5, 5.41) is 0. The molecule has 21 heavy (non-hydrogen) atoms. The fraction of sp³-hybridized carbons (Fsp3) is 0.188. The van der Waals surface area contributed by atoms with Crippen LogP contribution >= 0.6 is 15.9 Å². The minimum atomic E-state index is -0.0103. The van der Waals surface area contributed by atoms with Gasteiger partial charge in [-0.25, -0.2) is 4.79 Å². The monoisotopic (exact) mass is 345 g/mol. The Morgan fingerprint density at radius 1 is 1.19 bits per heavy atom. The maximum Gasteiger partial charge on any atom is 0.324 e. The average Bonchev–Trinajstić information content (AvgIpc) is 2.46. The summed E-state index contributed by atoms with van der Waals surface area (Å²) in [6, 6.07) is 13.6. The van der Waals surface area contributed by atoms with E-state index < -0.39 is 0 Å². The van der Waals surface area contributed by atoms with Gasteiger partial charge in [0.1, 0.15) is 0 Å². The molecule has 1 aliphatic rings. The number of nitrogens with zero attached hydrogens (tertiary/aromatic N) is 2. The van der Waals surface area contributed by atoms with Crippen LogP contribution in [0.25, 0.3) is 0 Å². The minimum absolute atomic E-state index is 0.0103. The number of hydrogen-bond acceptors (Lipinski definition) is 2. The SMILES string of the molecule is CN1Cc2ccccc2N(Cc2c(N)cccc2Br)C1=O. The van der Waals surface area contributed by atoms with Crippen LogP contribution < -0.4 is 10.6 Å². The number of nitrogen functional groups attached to an aromatic ring is 1. The zero-order valence-corrected chi connectivity index (χ0v) is 13.3. The lowest BCUT2D eigenvalue weighted by atomic mass is 10.1. The number of carbonyl (C=O) groups is 1. The highest BCUT2D eigenvalue weighted by Gasteiger charge is 2.28. The van der Waals surface area contributed by atoms with E-state index in [0.717, 1.165) is 21.3 Å². The Labute approximate surface area is 132 Å². The van der Waals surface area contributed by atoms with Gasteiger partial charge in [-0.3, -0.25) is 4.90 Å². The summed E-state index contributed by atoms with van der Waals surface area (Å²) in [5.41, 5.74) is 9.77. The molecule has 0 radical (unpaired) electrons. The van der Waals surface area contributed by atoms with Crippen LogP contribution in [0.5, 0.6) is 0 Å². The standard InChI is InChI=1S/C16H16BrN3O/c1-19-9-11-5-2-3-8-15(11)20(16(19)21)10-12-13(17)6-4-7-14(12)18/h2-8H,9-10,18H2,1H3. The highest BCUT2D eigenvalue weighted by Crippen LogP contribution is 2.32. The van der Waals surface area contributed by atoms with Crippen molar-refractivity contribution >= 4 is 33.3 Å². The molecule has 2 N–H and O–H groups in total. The zero-order valence-electron chi connectivity index (χ0n) is 11.7. The Kier molecular flexibility index (Phi) is 3.59. The molecule has 2 amide bonds. The van der Waals surface area contributed by atoms with E-state index in [2.05, 4.69) is 22.0 Å². The lowest BCUT2D eigenvalue weighted by Gasteiger charge is -2.35. The van der Waals surface area contributed by atoms with Crippen molar-refractivity contribution in [1.82, 2.24) is 4.90 Å². The minimum Gasteiger partial charge on any atom is -0.398 e. The quantitative estimate of drug-likeness (QED) is 0.845. The molecule has 0 saturated heterocycles. The number of urea groups is 1. The predicted molar refractivity (Wildman–Crippen MR) is 88.0 cm³/mol. The first kappa shape index (κ1) is 13.9. The summed E-state index contributed by atoms with van der Waals surface area (Å²) in [5.74, 6) is 0. The second-order valence-corrected chi connectivity index (χ2v) is 6.02. The third-order valence-corrected chi connectivity index (χ3v) is 4.46. The molecule has 2 aromatic carbocycles. The molecule has 108 valence electrons. The van der Waals surface area contributed by atoms with Crippen molar-refractivity contribution in [2.75, 3.05) is 17.7 Å². The smallest absolute Gasteiger partial charge is 0.324 e. The average molecular weight is 346 g/mol. The number of nitrogens with two attached hydrogens (primary N) is 1. The van der Waals surface area contributed by atoms with Gasteiger partial charge in [0.05, 0.1) is 12.2 Å². The molecule has 3 rings (SSSR count). The second kappa shape index (κ2) is 5.41. The van der Waals surface area contributed by atoms with Gasteiger partial charge in [0, 0.05) is 29.3 Å². The fourth-order valence-corrected chi connectivity index (χ4v) is 3.10. The van der Waals surface area contributed by atoms with E-state index in [4.69, 9.17) is 5.73 Å². The molecule has 4 nitrogen and oxygen atoms in total. The first-order valence-corrected chi connectivity index (χ1v) is 7.50. The molecule has 0 aromatic heterocycles. The fourth-order valence-electron chi connectivity index (χ4n) is 2.59. The topological polar surface area (TPSA) is 49.6 Å². The molecule has 1 heterocycles. The Hall–Kier alpha value is -2.01. The molecule has 0 saturated carbocycles. The van der Waals surface area contributed by atoms with Crippen LogP contribution in [-0.2, 0) is 13.1 Å². The molecule has 0 unspecified atom stereocenters. The van der Waals surface area contributed by atoms with Crippen LogP contribution in [-0.4, -0.2) is 18.0 Å². The van der Waals surface area contributed by atoms with Crippen LogP contribution in [0.15, 0.2) is 46.9 Å². The van der Waals surface area contributed by atoms with Gasteiger partial charge in [-0.1, -0.05) is 40.2 Å². The first-order chi connectivity index (χ1) is 10.1. The van der Waals surface area contributed by atoms with E-state index in [9.17, 15) is 4.79 Å². The molecule has 0 bridgehead atoms. The lowest BCUT2D eigenvalue weighted by Crippen LogP contribution is -2.44. The Morgan fingerprint density at radius 3 is 2.71 bits per heavy atom. The Morgan fingerprint density at radius 2 is 1.95 bits per heavy atom. The number of para-hydroxylation sites is 1. The zero-order chi connectivity index (χ0) is 15.0. The third kappa shape index (κ3) is 2.49. The number of anilines is 2. The third-order valence-electron chi connectivity index (χ3n) is 3.72. The molecular formula is C16H16BrN3O. The second-order valence-electron chi connectivity index (χ2n) is 5.16. The summed E-state index contributed by atoms with van der Waals surface area (Å²) >= 11 is 3.52. The molecule has 5 heteroatoms. The number of carbonyl (C=O) groups excluding carboxylic acids is 1. The summed E-state index contributed by atoms with van der Waals surface area (Å²) in [6.07, 6.45) is 0. The van der Waals surface area contributed by atoms with E-state index in [0.29, 0.717) is 18.8 Å². The maximum atomic E-state index is 12.5. The summed E-state index contributed by atoms with van der Waals surface area (Å²) < 4.78 is 0.918. The van der Waals surface area contributed by atoms with Gasteiger partial charge < -0.3 is 10.6 Å². The van der Waals surface area contributed by atoms with Gasteiger partial charge in [-0.2, -0.15) is 0 Å². The highest BCUT2D eigenvalue weighted by molar-refractivity contribution is 9.10. The molecule has 0 fully saturated rings. The van der Waals surface area contributed by atoms with Gasteiger partial charge in [-0.15, -0.1) is 0 Å². The van der Waals surface area contributed by atoms with Crippen LogP contribution in [0, 0.1) is 0 Å². The van der Waals surface area contributed by atoms with E-state index in [1.54, 1.807) is 9.80 Å². The van der Waals surface area contributed by atoms with Crippen LogP contribution in [0.4, 0.5) is 16.2 Å². The summed E-state index contributed by atoms with van der Waals surface area (Å²) in [6.45, 7) is 1.09. The number of hydrogen-bond donors (Lipinski definition) is 1. The van der Waals surface area contributed by atoms with Gasteiger partial charge in [-0.05, 0) is 23.8 Å². The van der Waals surface area contributed by atoms with Gasteiger partial charge in [0.2, 0.25) is 0 Å². The Bertz CT molecular complexity index is 681. The molecule has 2 aromatic rings. The van der Waals surface area contributed by atoms with Crippen molar-refractivity contribution < 1.29 is 4.79 Å². The number of benzene rings is 2. The largest absolute Gasteiger partial charge is 0.398 e. The van der Waals surface area contributed by atoms with E-state index in [1.165, 1.54) is 0 Å². The van der Waals surface area contributed by atoms with Crippen molar-refractivity contribution in [3.8, 4) is 0 Å². The van der Waals surface area contributed by atoms with E-state index in [-0.39, 0.29) is 6.03 Å². The molecule has 0 atom stereocenters. The normalized spacial score (nSPS) is 14.3. The lowest BCUT2D eigenvalue weighted by molar-refractivity contribution is 0.210. The van der Waals surface area contributed by atoms with E-state index >= 15 is 0 Å². The van der Waals surface area contributed by atoms with Crippen LogP contribution in [0.1, 0.15) is 11.1 Å². The van der Waals surface area contributed by atoms with Gasteiger partial charge >= 0.3 is 6.03 Å². The molecular weight excluding hydrogens is 330 g/mol. The summed E-state index contributed by atoms with van der Waals surface area (Å²) in [7, 11) is 1.81. The first-order valence-electron chi connectivity index (χ1n) is 6.71. The van der Waals surface area contributed by atoms with Crippen molar-refractivity contribution in [2.45, 2.75) is 13.1 Å². The highest BCUT2D eigenvalue weighted by atomic mass is 79.9. The van der Waals surface area contributed by atoms with Crippen molar-refractivity contribution in [3.63, 3.8) is 0 Å². The molecule has 0 aliphatic carbocycles. The Balaban J connectivity index is 2.03.